The van der Waals surface area contributed by atoms with Crippen molar-refractivity contribution in [2.24, 2.45) is 5.92 Å². The lowest BCUT2D eigenvalue weighted by Gasteiger charge is -1.90. The molecule has 1 aromatic carbocycles. The van der Waals surface area contributed by atoms with Crippen LogP contribution in [0.3, 0.4) is 0 Å². The zero-order chi connectivity index (χ0) is 9.52. The van der Waals surface area contributed by atoms with Crippen LogP contribution in [-0.2, 0) is 0 Å². The van der Waals surface area contributed by atoms with E-state index in [0.717, 1.165) is 0 Å². The third-order valence-corrected chi connectivity index (χ3v) is 1.70. The summed E-state index contributed by atoms with van der Waals surface area (Å²) in [6, 6.07) is 10.3. The summed E-state index contributed by atoms with van der Waals surface area (Å²) in [5.41, 5.74) is 1.25. The van der Waals surface area contributed by atoms with Crippen molar-refractivity contribution in [3.05, 3.63) is 54.1 Å². The molecule has 0 fully saturated rings. The van der Waals surface area contributed by atoms with Gasteiger partial charge in [0.25, 0.3) is 0 Å². The molecule has 0 saturated heterocycles. The molecule has 0 aliphatic rings. The van der Waals surface area contributed by atoms with Crippen LogP contribution in [0.25, 0.3) is 6.08 Å². The van der Waals surface area contributed by atoms with E-state index in [4.69, 9.17) is 0 Å². The lowest BCUT2D eigenvalue weighted by atomic mass is 10.2. The van der Waals surface area contributed by atoms with Crippen LogP contribution in [0.5, 0.6) is 0 Å². The largest absolute Gasteiger partial charge is 0.0820 e. The van der Waals surface area contributed by atoms with Gasteiger partial charge in [-0.1, -0.05) is 68.5 Å². The number of hydrogen-bond acceptors (Lipinski definition) is 0. The third kappa shape index (κ3) is 4.32. The Kier molecular flexibility index (Phi) is 4.04. The van der Waals surface area contributed by atoms with Gasteiger partial charge in [-0.05, 0) is 11.5 Å². The van der Waals surface area contributed by atoms with Crippen LogP contribution in [-0.4, -0.2) is 0 Å². The van der Waals surface area contributed by atoms with Gasteiger partial charge in [0.1, 0.15) is 0 Å². The Bertz CT molecular complexity index is 278. The molecular weight excluding hydrogens is 156 g/mol. The minimum atomic E-state index is 0.625. The van der Waals surface area contributed by atoms with Crippen LogP contribution >= 0.6 is 0 Å². The summed E-state index contributed by atoms with van der Waals surface area (Å²) >= 11 is 0. The molecule has 0 nitrogen and oxygen atoms in total. The molecule has 0 amide bonds. The molecular formula is C13H16. The fourth-order valence-electron chi connectivity index (χ4n) is 1.02. The average Bonchev–Trinajstić information content (AvgIpc) is 2.14. The normalized spacial score (nSPS) is 11.9. The van der Waals surface area contributed by atoms with Gasteiger partial charge in [-0.25, -0.2) is 0 Å². The number of benzene rings is 1. The Labute approximate surface area is 80.6 Å². The van der Waals surface area contributed by atoms with Gasteiger partial charge >= 0.3 is 0 Å². The highest BCUT2D eigenvalue weighted by Gasteiger charge is 1.81. The quantitative estimate of drug-likeness (QED) is 0.606. The highest BCUT2D eigenvalue weighted by atomic mass is 13.9. The van der Waals surface area contributed by atoms with E-state index in [-0.39, 0.29) is 0 Å². The molecule has 0 unspecified atom stereocenters. The van der Waals surface area contributed by atoms with E-state index in [1.807, 2.05) is 18.2 Å². The first-order valence-electron chi connectivity index (χ1n) is 4.69. The second kappa shape index (κ2) is 5.36. The SMILES string of the molecule is CC(C)/C=C/C=C/c1ccccc1. The highest BCUT2D eigenvalue weighted by Crippen LogP contribution is 2.01. The van der Waals surface area contributed by atoms with Crippen molar-refractivity contribution >= 4 is 6.08 Å². The zero-order valence-corrected chi connectivity index (χ0v) is 8.27. The maximum atomic E-state index is 2.18. The Morgan fingerprint density at radius 2 is 1.69 bits per heavy atom. The van der Waals surface area contributed by atoms with Crippen LogP contribution in [0.15, 0.2) is 48.6 Å². The predicted octanol–water partition coefficient (Wildman–Crippen LogP) is 3.91. The maximum Gasteiger partial charge on any atom is -0.0257 e. The second-order valence-corrected chi connectivity index (χ2v) is 3.40. The van der Waals surface area contributed by atoms with E-state index >= 15 is 0 Å². The lowest BCUT2D eigenvalue weighted by Crippen LogP contribution is -1.74. The monoisotopic (exact) mass is 172 g/mol. The topological polar surface area (TPSA) is 0 Å². The van der Waals surface area contributed by atoms with Crippen LogP contribution in [0, 0.1) is 5.92 Å². The first-order chi connectivity index (χ1) is 6.29. The van der Waals surface area contributed by atoms with Crippen LogP contribution < -0.4 is 0 Å². The molecule has 0 aliphatic carbocycles. The molecule has 0 heteroatoms. The molecule has 0 bridgehead atoms. The average molecular weight is 172 g/mol. The third-order valence-electron chi connectivity index (χ3n) is 1.70. The second-order valence-electron chi connectivity index (χ2n) is 3.40. The van der Waals surface area contributed by atoms with Gasteiger partial charge in [0.15, 0.2) is 0 Å². The first kappa shape index (κ1) is 9.79. The van der Waals surface area contributed by atoms with Gasteiger partial charge in [0, 0.05) is 0 Å². The fourth-order valence-corrected chi connectivity index (χ4v) is 1.02. The molecule has 1 rings (SSSR count). The van der Waals surface area contributed by atoms with Crippen molar-refractivity contribution in [2.45, 2.75) is 13.8 Å². The molecule has 68 valence electrons. The zero-order valence-electron chi connectivity index (χ0n) is 8.27. The molecule has 0 radical (unpaired) electrons. The summed E-state index contributed by atoms with van der Waals surface area (Å²) in [5, 5.41) is 0. The smallest absolute Gasteiger partial charge is 0.0257 e. The van der Waals surface area contributed by atoms with E-state index in [1.54, 1.807) is 0 Å². The van der Waals surface area contributed by atoms with Gasteiger partial charge in [-0.15, -0.1) is 0 Å². The Hall–Kier alpha value is -1.30. The summed E-state index contributed by atoms with van der Waals surface area (Å²) in [6.07, 6.45) is 8.46. The van der Waals surface area contributed by atoms with Crippen molar-refractivity contribution in [3.8, 4) is 0 Å². The fraction of sp³-hybridized carbons (Fsp3) is 0.231. The maximum absolute atomic E-state index is 2.18. The summed E-state index contributed by atoms with van der Waals surface area (Å²) in [5.74, 6) is 0.625. The van der Waals surface area contributed by atoms with E-state index < -0.39 is 0 Å². The number of rotatable bonds is 3. The van der Waals surface area contributed by atoms with Crippen molar-refractivity contribution in [2.75, 3.05) is 0 Å². The minimum Gasteiger partial charge on any atom is -0.0820 e. The van der Waals surface area contributed by atoms with Crippen molar-refractivity contribution in [1.82, 2.24) is 0 Å². The molecule has 0 atom stereocenters. The Morgan fingerprint density at radius 3 is 2.31 bits per heavy atom. The molecule has 13 heavy (non-hydrogen) atoms. The molecule has 0 saturated carbocycles. The molecule has 0 N–H and O–H groups in total. The summed E-state index contributed by atoms with van der Waals surface area (Å²) in [7, 11) is 0. The standard InChI is InChI=1S/C13H16/c1-12(2)8-6-7-11-13-9-4-3-5-10-13/h3-12H,1-2H3/b8-6+,11-7+. The van der Waals surface area contributed by atoms with Crippen molar-refractivity contribution in [3.63, 3.8) is 0 Å². The van der Waals surface area contributed by atoms with Crippen molar-refractivity contribution < 1.29 is 0 Å². The van der Waals surface area contributed by atoms with E-state index in [9.17, 15) is 0 Å². The Morgan fingerprint density at radius 1 is 1.00 bits per heavy atom. The molecule has 0 aliphatic heterocycles. The summed E-state index contributed by atoms with van der Waals surface area (Å²) < 4.78 is 0. The van der Waals surface area contributed by atoms with E-state index in [1.165, 1.54) is 5.56 Å². The molecule has 0 heterocycles. The van der Waals surface area contributed by atoms with Gasteiger partial charge in [-0.2, -0.15) is 0 Å². The van der Waals surface area contributed by atoms with E-state index in [2.05, 4.69) is 50.3 Å². The van der Waals surface area contributed by atoms with Crippen LogP contribution in [0.4, 0.5) is 0 Å². The van der Waals surface area contributed by atoms with Crippen LogP contribution in [0.1, 0.15) is 19.4 Å². The van der Waals surface area contributed by atoms with Crippen LogP contribution in [0.2, 0.25) is 0 Å². The summed E-state index contributed by atoms with van der Waals surface area (Å²) in [4.78, 5) is 0. The van der Waals surface area contributed by atoms with Crippen molar-refractivity contribution in [1.29, 1.82) is 0 Å². The number of hydrogen-bond donors (Lipinski definition) is 0. The highest BCUT2D eigenvalue weighted by molar-refractivity contribution is 5.50. The molecule has 0 spiro atoms. The van der Waals surface area contributed by atoms with E-state index in [0.29, 0.717) is 5.92 Å². The summed E-state index contributed by atoms with van der Waals surface area (Å²) in [6.45, 7) is 4.35. The van der Waals surface area contributed by atoms with Gasteiger partial charge in [-0.3, -0.25) is 0 Å². The van der Waals surface area contributed by atoms with Gasteiger partial charge in [0.05, 0.1) is 0 Å². The lowest BCUT2D eigenvalue weighted by molar-refractivity contribution is 0.832. The molecule has 1 aromatic rings. The number of allylic oxidation sites excluding steroid dienone is 3. The first-order valence-corrected chi connectivity index (χ1v) is 4.69. The van der Waals surface area contributed by atoms with Gasteiger partial charge < -0.3 is 0 Å². The minimum absolute atomic E-state index is 0.625. The predicted molar refractivity (Wildman–Crippen MR) is 59.5 cm³/mol. The molecule has 0 aromatic heterocycles. The van der Waals surface area contributed by atoms with Gasteiger partial charge in [0.2, 0.25) is 0 Å². The Balaban J connectivity index is 2.50.